The molecule has 1 aliphatic heterocycles. The first-order valence-electron chi connectivity index (χ1n) is 9.70. The van der Waals surface area contributed by atoms with Gasteiger partial charge in [0.05, 0.1) is 35.6 Å². The standard InChI is InChI=1S/C23H24F3N3O2/c1-5-22(3,4)27-11-23(31)12-29(13-23)21(30)15-7-8-16(24)19(26)20(15)28-18-9-6-14(2)10-17(18)25/h1,6-10,27-28,31H,11-13H2,2-4H3. The predicted octanol–water partition coefficient (Wildman–Crippen LogP) is 3.34. The van der Waals surface area contributed by atoms with Gasteiger partial charge in [-0.3, -0.25) is 10.1 Å². The highest BCUT2D eigenvalue weighted by Crippen LogP contribution is 2.31. The van der Waals surface area contributed by atoms with Gasteiger partial charge in [-0.2, -0.15) is 0 Å². The molecule has 1 aliphatic rings. The highest BCUT2D eigenvalue weighted by Gasteiger charge is 2.45. The van der Waals surface area contributed by atoms with E-state index in [0.29, 0.717) is 5.56 Å². The second-order valence-electron chi connectivity index (χ2n) is 8.40. The van der Waals surface area contributed by atoms with Crippen molar-refractivity contribution in [1.29, 1.82) is 0 Å². The average Bonchev–Trinajstić information content (AvgIpc) is 2.69. The number of amides is 1. The van der Waals surface area contributed by atoms with Crippen molar-refractivity contribution in [3.63, 3.8) is 0 Å². The van der Waals surface area contributed by atoms with Crippen LogP contribution in [0.5, 0.6) is 0 Å². The first-order valence-corrected chi connectivity index (χ1v) is 9.70. The minimum absolute atomic E-state index is 0.0171. The highest BCUT2D eigenvalue weighted by atomic mass is 19.2. The molecule has 0 unspecified atom stereocenters. The first kappa shape index (κ1) is 22.7. The van der Waals surface area contributed by atoms with Crippen LogP contribution in [0.25, 0.3) is 0 Å². The molecule has 8 heteroatoms. The Bertz CT molecular complexity index is 1060. The van der Waals surface area contributed by atoms with Crippen LogP contribution >= 0.6 is 0 Å². The number of β-amino-alcohol motifs (C(OH)–C–C–N with tert-alkyl or cyclic N) is 1. The van der Waals surface area contributed by atoms with E-state index < -0.39 is 40.2 Å². The van der Waals surface area contributed by atoms with E-state index in [1.165, 1.54) is 17.0 Å². The van der Waals surface area contributed by atoms with E-state index in [1.54, 1.807) is 26.8 Å². The molecule has 1 amide bonds. The van der Waals surface area contributed by atoms with Gasteiger partial charge in [0.2, 0.25) is 0 Å². The van der Waals surface area contributed by atoms with Gasteiger partial charge in [0, 0.05) is 6.54 Å². The number of nitrogens with zero attached hydrogens (tertiary/aromatic N) is 1. The first-order chi connectivity index (χ1) is 14.4. The number of rotatable bonds is 6. The zero-order chi connectivity index (χ0) is 23.0. The monoisotopic (exact) mass is 431 g/mol. The topological polar surface area (TPSA) is 64.6 Å². The van der Waals surface area contributed by atoms with Crippen molar-refractivity contribution in [1.82, 2.24) is 10.2 Å². The number of anilines is 2. The molecule has 0 bridgehead atoms. The fourth-order valence-electron chi connectivity index (χ4n) is 3.23. The van der Waals surface area contributed by atoms with Crippen LogP contribution in [0.1, 0.15) is 29.8 Å². The van der Waals surface area contributed by atoms with Crippen molar-refractivity contribution in [3.8, 4) is 12.3 Å². The summed E-state index contributed by atoms with van der Waals surface area (Å²) >= 11 is 0. The summed E-state index contributed by atoms with van der Waals surface area (Å²) in [5.41, 5.74) is -1.90. The summed E-state index contributed by atoms with van der Waals surface area (Å²) in [4.78, 5) is 14.2. The predicted molar refractivity (Wildman–Crippen MR) is 113 cm³/mol. The Hall–Kier alpha value is -3.02. The number of halogens is 3. The molecule has 3 N–H and O–H groups in total. The van der Waals surface area contributed by atoms with Gasteiger partial charge in [-0.25, -0.2) is 13.2 Å². The summed E-state index contributed by atoms with van der Waals surface area (Å²) in [7, 11) is 0. The minimum Gasteiger partial charge on any atom is -0.385 e. The van der Waals surface area contributed by atoms with E-state index in [4.69, 9.17) is 6.42 Å². The summed E-state index contributed by atoms with van der Waals surface area (Å²) in [6.45, 7) is 5.37. The van der Waals surface area contributed by atoms with Crippen molar-refractivity contribution < 1.29 is 23.1 Å². The van der Waals surface area contributed by atoms with Gasteiger partial charge in [0.25, 0.3) is 5.91 Å². The maximum atomic E-state index is 14.5. The largest absolute Gasteiger partial charge is 0.385 e. The molecule has 0 spiro atoms. The van der Waals surface area contributed by atoms with Gasteiger partial charge in [-0.05, 0) is 50.6 Å². The molecule has 5 nitrogen and oxygen atoms in total. The number of likely N-dealkylation sites (tertiary alicyclic amines) is 1. The summed E-state index contributed by atoms with van der Waals surface area (Å²) in [5.74, 6) is -1.19. The van der Waals surface area contributed by atoms with Crippen LogP contribution in [-0.4, -0.2) is 46.7 Å². The maximum absolute atomic E-state index is 14.5. The Morgan fingerprint density at radius 2 is 1.90 bits per heavy atom. The van der Waals surface area contributed by atoms with Gasteiger partial charge in [0.1, 0.15) is 11.4 Å². The van der Waals surface area contributed by atoms with E-state index in [9.17, 15) is 23.1 Å². The van der Waals surface area contributed by atoms with Crippen LogP contribution < -0.4 is 10.6 Å². The molecule has 164 valence electrons. The lowest BCUT2D eigenvalue weighted by molar-refractivity contribution is -0.0804. The molecule has 1 saturated heterocycles. The number of aliphatic hydroxyl groups is 1. The van der Waals surface area contributed by atoms with Crippen molar-refractivity contribution in [2.24, 2.45) is 0 Å². The summed E-state index contributed by atoms with van der Waals surface area (Å²) in [5, 5.41) is 16.1. The molecule has 0 aromatic heterocycles. The molecular formula is C23H24F3N3O2. The summed E-state index contributed by atoms with van der Waals surface area (Å²) < 4.78 is 42.6. The van der Waals surface area contributed by atoms with Crippen molar-refractivity contribution >= 4 is 17.3 Å². The van der Waals surface area contributed by atoms with E-state index in [-0.39, 0.29) is 30.9 Å². The molecule has 1 heterocycles. The minimum atomic E-state index is -1.29. The lowest BCUT2D eigenvalue weighted by Gasteiger charge is -2.47. The average molecular weight is 431 g/mol. The number of terminal acetylenes is 1. The molecule has 1 fully saturated rings. The van der Waals surface area contributed by atoms with E-state index in [0.717, 1.165) is 12.1 Å². The zero-order valence-electron chi connectivity index (χ0n) is 17.5. The Morgan fingerprint density at radius 1 is 1.23 bits per heavy atom. The third-order valence-corrected chi connectivity index (χ3v) is 5.19. The van der Waals surface area contributed by atoms with Crippen molar-refractivity contribution in [3.05, 3.63) is 58.9 Å². The van der Waals surface area contributed by atoms with Crippen LogP contribution in [0.3, 0.4) is 0 Å². The maximum Gasteiger partial charge on any atom is 0.256 e. The van der Waals surface area contributed by atoms with Crippen LogP contribution in [0, 0.1) is 36.7 Å². The zero-order valence-corrected chi connectivity index (χ0v) is 17.5. The van der Waals surface area contributed by atoms with Crippen molar-refractivity contribution in [2.75, 3.05) is 25.0 Å². The molecule has 3 rings (SSSR count). The fourth-order valence-corrected chi connectivity index (χ4v) is 3.23. The fraction of sp³-hybridized carbons (Fsp3) is 0.348. The van der Waals surface area contributed by atoms with Crippen LogP contribution in [-0.2, 0) is 0 Å². The number of benzene rings is 2. The molecule has 0 saturated carbocycles. The van der Waals surface area contributed by atoms with E-state index in [2.05, 4.69) is 16.6 Å². The van der Waals surface area contributed by atoms with E-state index >= 15 is 0 Å². The molecule has 2 aromatic carbocycles. The second-order valence-corrected chi connectivity index (χ2v) is 8.40. The summed E-state index contributed by atoms with van der Waals surface area (Å²) in [6, 6.07) is 6.19. The molecule has 0 aliphatic carbocycles. The Morgan fingerprint density at radius 3 is 2.52 bits per heavy atom. The van der Waals surface area contributed by atoms with Crippen LogP contribution in [0.4, 0.5) is 24.5 Å². The molecular weight excluding hydrogens is 407 g/mol. The molecule has 2 aromatic rings. The molecule has 0 atom stereocenters. The van der Waals surface area contributed by atoms with Crippen molar-refractivity contribution in [2.45, 2.75) is 31.9 Å². The number of carbonyl (C=O) groups is 1. The molecule has 31 heavy (non-hydrogen) atoms. The lowest BCUT2D eigenvalue weighted by atomic mass is 9.91. The van der Waals surface area contributed by atoms with Gasteiger partial charge in [-0.15, -0.1) is 6.42 Å². The SMILES string of the molecule is C#CC(C)(C)NCC1(O)CN(C(=O)c2ccc(F)c(F)c2Nc2ccc(C)cc2F)C1. The number of hydrogen-bond donors (Lipinski definition) is 3. The number of carbonyl (C=O) groups excluding carboxylic acids is 1. The lowest BCUT2D eigenvalue weighted by Crippen LogP contribution is -2.68. The van der Waals surface area contributed by atoms with Crippen LogP contribution in [0.15, 0.2) is 30.3 Å². The van der Waals surface area contributed by atoms with Gasteiger partial charge in [0.15, 0.2) is 11.6 Å². The Kier molecular flexibility index (Phi) is 6.03. The number of hydrogen-bond acceptors (Lipinski definition) is 4. The quantitative estimate of drug-likeness (QED) is 0.614. The van der Waals surface area contributed by atoms with E-state index in [1.807, 2.05) is 0 Å². The Labute approximate surface area is 179 Å². The van der Waals surface area contributed by atoms with Gasteiger partial charge < -0.3 is 15.3 Å². The number of nitrogens with one attached hydrogen (secondary N) is 2. The van der Waals surface area contributed by atoms with Crippen LogP contribution in [0.2, 0.25) is 0 Å². The number of aryl methyl sites for hydroxylation is 1. The molecule has 0 radical (unpaired) electrons. The van der Waals surface area contributed by atoms with Gasteiger partial charge in [-0.1, -0.05) is 12.0 Å². The summed E-state index contributed by atoms with van der Waals surface area (Å²) in [6.07, 6.45) is 5.41. The highest BCUT2D eigenvalue weighted by molar-refractivity contribution is 6.01. The normalized spacial score (nSPS) is 15.2. The van der Waals surface area contributed by atoms with Gasteiger partial charge >= 0.3 is 0 Å². The third-order valence-electron chi connectivity index (χ3n) is 5.19. The smallest absolute Gasteiger partial charge is 0.256 e. The Balaban J connectivity index is 1.80. The third kappa shape index (κ3) is 4.84. The second kappa shape index (κ2) is 8.25.